The third-order valence-corrected chi connectivity index (χ3v) is 4.84. The van der Waals surface area contributed by atoms with E-state index in [2.05, 4.69) is 34.7 Å². The van der Waals surface area contributed by atoms with Gasteiger partial charge in [-0.2, -0.15) is 4.68 Å². The molecule has 0 fully saturated rings. The summed E-state index contributed by atoms with van der Waals surface area (Å²) in [6.07, 6.45) is 2.08. The molecule has 0 radical (unpaired) electrons. The van der Waals surface area contributed by atoms with Crippen LogP contribution in [0.2, 0.25) is 0 Å². The minimum atomic E-state index is -0.0167. The Bertz CT molecular complexity index is 732. The monoisotopic (exact) mass is 377 g/mol. The standard InChI is InChI=1S/C18H27N5O2S/c1-12(2)6-8-14(4)19-17(24)11-26-18-20-21-22-23(18)15-10-13(3)7-9-16(15)25-5/h7,9-10,12,14H,6,8,11H2,1-5H3,(H,19,24)/t14-/m1/s1. The molecule has 1 aromatic carbocycles. The van der Waals surface area contributed by atoms with Crippen molar-refractivity contribution in [2.24, 2.45) is 5.92 Å². The maximum absolute atomic E-state index is 12.2. The van der Waals surface area contributed by atoms with Crippen LogP contribution in [0.15, 0.2) is 23.4 Å². The molecule has 7 nitrogen and oxygen atoms in total. The van der Waals surface area contributed by atoms with Crippen molar-refractivity contribution in [1.29, 1.82) is 0 Å². The van der Waals surface area contributed by atoms with Crippen molar-refractivity contribution in [2.75, 3.05) is 12.9 Å². The van der Waals surface area contributed by atoms with Crippen LogP contribution >= 0.6 is 11.8 Å². The summed E-state index contributed by atoms with van der Waals surface area (Å²) in [6.45, 7) is 8.40. The Hall–Kier alpha value is -2.09. The third kappa shape index (κ3) is 5.72. The fraction of sp³-hybridized carbons (Fsp3) is 0.556. The number of aromatic nitrogens is 4. The molecule has 0 aliphatic heterocycles. The number of carbonyl (C=O) groups excluding carboxylic acids is 1. The van der Waals surface area contributed by atoms with Gasteiger partial charge in [-0.1, -0.05) is 31.7 Å². The lowest BCUT2D eigenvalue weighted by Crippen LogP contribution is -2.34. The maximum Gasteiger partial charge on any atom is 0.230 e. The van der Waals surface area contributed by atoms with E-state index in [1.165, 1.54) is 11.8 Å². The van der Waals surface area contributed by atoms with Crippen LogP contribution in [-0.2, 0) is 4.79 Å². The van der Waals surface area contributed by atoms with Gasteiger partial charge in [0.1, 0.15) is 11.4 Å². The van der Waals surface area contributed by atoms with Gasteiger partial charge < -0.3 is 10.1 Å². The summed E-state index contributed by atoms with van der Waals surface area (Å²) < 4.78 is 7.00. The van der Waals surface area contributed by atoms with Gasteiger partial charge in [-0.15, -0.1) is 5.10 Å². The molecular weight excluding hydrogens is 350 g/mol. The number of rotatable bonds is 9. The maximum atomic E-state index is 12.2. The number of aryl methyl sites for hydroxylation is 1. The highest BCUT2D eigenvalue weighted by Gasteiger charge is 2.16. The molecule has 0 aliphatic rings. The molecule has 0 saturated carbocycles. The first-order valence-electron chi connectivity index (χ1n) is 8.76. The molecule has 1 atom stereocenters. The van der Waals surface area contributed by atoms with Crippen LogP contribution < -0.4 is 10.1 Å². The van der Waals surface area contributed by atoms with E-state index in [1.54, 1.807) is 11.8 Å². The highest BCUT2D eigenvalue weighted by atomic mass is 32.2. The summed E-state index contributed by atoms with van der Waals surface area (Å²) in [5, 5.41) is 15.4. The van der Waals surface area contributed by atoms with Crippen LogP contribution in [-0.4, -0.2) is 45.0 Å². The molecule has 1 aromatic heterocycles. The lowest BCUT2D eigenvalue weighted by molar-refractivity contribution is -0.119. The normalized spacial score (nSPS) is 12.2. The van der Waals surface area contributed by atoms with Crippen molar-refractivity contribution >= 4 is 17.7 Å². The summed E-state index contributed by atoms with van der Waals surface area (Å²) in [5.41, 5.74) is 1.83. The van der Waals surface area contributed by atoms with Gasteiger partial charge in [-0.05, 0) is 60.7 Å². The number of amides is 1. The first kappa shape index (κ1) is 20.2. The lowest BCUT2D eigenvalue weighted by Gasteiger charge is -2.15. The van der Waals surface area contributed by atoms with Crippen molar-refractivity contribution in [3.05, 3.63) is 23.8 Å². The Kier molecular flexibility index (Phi) is 7.44. The summed E-state index contributed by atoms with van der Waals surface area (Å²) in [6, 6.07) is 5.96. The molecule has 1 heterocycles. The van der Waals surface area contributed by atoms with Gasteiger partial charge in [-0.3, -0.25) is 4.79 Å². The molecular formula is C18H27N5O2S. The Morgan fingerprint density at radius 2 is 2.08 bits per heavy atom. The highest BCUT2D eigenvalue weighted by molar-refractivity contribution is 7.99. The van der Waals surface area contributed by atoms with Crippen LogP contribution in [0.4, 0.5) is 0 Å². The first-order chi connectivity index (χ1) is 12.4. The van der Waals surface area contributed by atoms with Crippen LogP contribution in [0.25, 0.3) is 5.69 Å². The zero-order chi connectivity index (χ0) is 19.1. The third-order valence-electron chi connectivity index (χ3n) is 3.92. The second-order valence-electron chi connectivity index (χ2n) is 6.78. The van der Waals surface area contributed by atoms with Gasteiger partial charge in [0.2, 0.25) is 11.1 Å². The van der Waals surface area contributed by atoms with Crippen LogP contribution in [0.3, 0.4) is 0 Å². The molecule has 26 heavy (non-hydrogen) atoms. The number of ether oxygens (including phenoxy) is 1. The number of nitrogens with one attached hydrogen (secondary N) is 1. The minimum Gasteiger partial charge on any atom is -0.494 e. The largest absolute Gasteiger partial charge is 0.494 e. The number of thioether (sulfide) groups is 1. The Balaban J connectivity index is 1.99. The summed E-state index contributed by atoms with van der Waals surface area (Å²) in [4.78, 5) is 12.2. The molecule has 2 aromatic rings. The average molecular weight is 378 g/mol. The van der Waals surface area contributed by atoms with E-state index in [1.807, 2.05) is 32.0 Å². The Morgan fingerprint density at radius 1 is 1.31 bits per heavy atom. The number of hydrogen-bond acceptors (Lipinski definition) is 6. The fourth-order valence-electron chi connectivity index (χ4n) is 2.49. The van der Waals surface area contributed by atoms with Crippen LogP contribution in [0.5, 0.6) is 5.75 Å². The number of hydrogen-bond donors (Lipinski definition) is 1. The van der Waals surface area contributed by atoms with Gasteiger partial charge in [0.15, 0.2) is 0 Å². The van der Waals surface area contributed by atoms with Crippen molar-refractivity contribution in [3.63, 3.8) is 0 Å². The van der Waals surface area contributed by atoms with Crippen molar-refractivity contribution in [3.8, 4) is 11.4 Å². The second-order valence-corrected chi connectivity index (χ2v) is 7.72. The molecule has 2 rings (SSSR count). The smallest absolute Gasteiger partial charge is 0.230 e. The average Bonchev–Trinajstić information content (AvgIpc) is 3.06. The minimum absolute atomic E-state index is 0.0167. The van der Waals surface area contributed by atoms with Crippen LogP contribution in [0.1, 0.15) is 39.2 Å². The molecule has 0 spiro atoms. The van der Waals surface area contributed by atoms with Gasteiger partial charge in [0, 0.05) is 6.04 Å². The summed E-state index contributed by atoms with van der Waals surface area (Å²) in [7, 11) is 1.61. The second kappa shape index (κ2) is 9.56. The van der Waals surface area contributed by atoms with Gasteiger partial charge in [0.05, 0.1) is 12.9 Å². The van der Waals surface area contributed by atoms with E-state index in [0.29, 0.717) is 16.8 Å². The number of methoxy groups -OCH3 is 1. The fourth-order valence-corrected chi connectivity index (χ4v) is 3.18. The predicted octanol–water partition coefficient (Wildman–Crippen LogP) is 3.01. The Morgan fingerprint density at radius 3 is 2.77 bits per heavy atom. The molecule has 142 valence electrons. The number of tetrazole rings is 1. The number of benzene rings is 1. The molecule has 0 unspecified atom stereocenters. The van der Waals surface area contributed by atoms with Crippen LogP contribution in [0, 0.1) is 12.8 Å². The van der Waals surface area contributed by atoms with Gasteiger partial charge in [-0.25, -0.2) is 0 Å². The number of nitrogens with zero attached hydrogens (tertiary/aromatic N) is 4. The van der Waals surface area contributed by atoms with Gasteiger partial charge >= 0.3 is 0 Å². The summed E-state index contributed by atoms with van der Waals surface area (Å²) >= 11 is 1.31. The van der Waals surface area contributed by atoms with E-state index in [0.717, 1.165) is 24.1 Å². The Labute approximate surface area is 158 Å². The van der Waals surface area contributed by atoms with Gasteiger partial charge in [0.25, 0.3) is 0 Å². The van der Waals surface area contributed by atoms with E-state index in [9.17, 15) is 4.79 Å². The SMILES string of the molecule is COc1ccc(C)cc1-n1nnnc1SCC(=O)N[C@H](C)CCC(C)C. The molecule has 1 amide bonds. The summed E-state index contributed by atoms with van der Waals surface area (Å²) in [5.74, 6) is 1.56. The lowest BCUT2D eigenvalue weighted by atomic mass is 10.0. The highest BCUT2D eigenvalue weighted by Crippen LogP contribution is 2.26. The quantitative estimate of drug-likeness (QED) is 0.677. The molecule has 0 bridgehead atoms. The zero-order valence-electron chi connectivity index (χ0n) is 16.0. The first-order valence-corrected chi connectivity index (χ1v) is 9.74. The van der Waals surface area contributed by atoms with E-state index in [4.69, 9.17) is 4.74 Å². The van der Waals surface area contributed by atoms with Crippen molar-refractivity contribution in [2.45, 2.75) is 51.7 Å². The topological polar surface area (TPSA) is 81.9 Å². The predicted molar refractivity (Wildman–Crippen MR) is 103 cm³/mol. The van der Waals surface area contributed by atoms with E-state index in [-0.39, 0.29) is 17.7 Å². The van der Waals surface area contributed by atoms with E-state index < -0.39 is 0 Å². The van der Waals surface area contributed by atoms with Crippen molar-refractivity contribution in [1.82, 2.24) is 25.5 Å². The van der Waals surface area contributed by atoms with Crippen molar-refractivity contribution < 1.29 is 9.53 Å². The molecule has 8 heteroatoms. The zero-order valence-corrected chi connectivity index (χ0v) is 16.8. The molecule has 0 aliphatic carbocycles. The number of carbonyl (C=O) groups is 1. The van der Waals surface area contributed by atoms with E-state index >= 15 is 0 Å². The molecule has 1 N–H and O–H groups in total. The molecule has 0 saturated heterocycles.